The zero-order valence-corrected chi connectivity index (χ0v) is 15.1. The Morgan fingerprint density at radius 2 is 2.16 bits per heavy atom. The van der Waals surface area contributed by atoms with Crippen molar-refractivity contribution in [1.29, 1.82) is 0 Å². The van der Waals surface area contributed by atoms with E-state index in [4.69, 9.17) is 0 Å². The third-order valence-electron chi connectivity index (χ3n) is 6.14. The Labute approximate surface area is 151 Å². The molecular formula is C22H29N3. The monoisotopic (exact) mass is 335 g/mol. The standard InChI is InChI=1S/C22H29N3/c1-4-16(2)17(3)7-6-12-24-13-10-21-19(15-24)18-8-5-9-20-22(18)25(21)14-11-23-20/h4-5,8-9,19,21,23H,1-3,6-7,10-15H2. The van der Waals surface area contributed by atoms with Crippen LogP contribution in [0.25, 0.3) is 0 Å². The predicted octanol–water partition coefficient (Wildman–Crippen LogP) is 4.17. The van der Waals surface area contributed by atoms with E-state index in [-0.39, 0.29) is 0 Å². The van der Waals surface area contributed by atoms with E-state index in [1.54, 1.807) is 5.56 Å². The molecule has 25 heavy (non-hydrogen) atoms. The van der Waals surface area contributed by atoms with E-state index >= 15 is 0 Å². The number of allylic oxidation sites excluding steroid dienone is 3. The third-order valence-corrected chi connectivity index (χ3v) is 6.14. The van der Waals surface area contributed by atoms with Crippen molar-refractivity contribution in [2.45, 2.75) is 31.2 Å². The fraction of sp³-hybridized carbons (Fsp3) is 0.455. The summed E-state index contributed by atoms with van der Waals surface area (Å²) in [6.45, 7) is 17.7. The molecule has 1 N–H and O–H groups in total. The highest BCUT2D eigenvalue weighted by Gasteiger charge is 2.43. The van der Waals surface area contributed by atoms with Crippen molar-refractivity contribution in [3.05, 3.63) is 60.7 Å². The second kappa shape index (κ2) is 6.72. The highest BCUT2D eigenvalue weighted by Crippen LogP contribution is 2.49. The van der Waals surface area contributed by atoms with Crippen molar-refractivity contribution in [2.24, 2.45) is 0 Å². The maximum absolute atomic E-state index is 4.13. The quantitative estimate of drug-likeness (QED) is 0.787. The number of likely N-dealkylation sites (tertiary alicyclic amines) is 1. The Morgan fingerprint density at radius 3 is 3.00 bits per heavy atom. The molecule has 0 aliphatic carbocycles. The van der Waals surface area contributed by atoms with Crippen LogP contribution in [0.4, 0.5) is 11.4 Å². The zero-order chi connectivity index (χ0) is 17.4. The summed E-state index contributed by atoms with van der Waals surface area (Å²) in [5.41, 5.74) is 6.50. The molecule has 3 heterocycles. The van der Waals surface area contributed by atoms with E-state index in [0.717, 1.165) is 43.6 Å². The average Bonchev–Trinajstić information content (AvgIpc) is 2.97. The minimum Gasteiger partial charge on any atom is -0.382 e. The van der Waals surface area contributed by atoms with Gasteiger partial charge in [-0.3, -0.25) is 0 Å². The molecule has 1 fully saturated rings. The molecule has 3 aliphatic heterocycles. The molecule has 3 heteroatoms. The maximum atomic E-state index is 4.13. The Morgan fingerprint density at radius 1 is 1.28 bits per heavy atom. The van der Waals surface area contributed by atoms with Gasteiger partial charge < -0.3 is 15.1 Å². The van der Waals surface area contributed by atoms with Gasteiger partial charge in [-0.25, -0.2) is 0 Å². The predicted molar refractivity (Wildman–Crippen MR) is 108 cm³/mol. The van der Waals surface area contributed by atoms with E-state index in [1.165, 1.54) is 30.9 Å². The van der Waals surface area contributed by atoms with Crippen LogP contribution in [0.15, 0.2) is 55.2 Å². The van der Waals surface area contributed by atoms with E-state index < -0.39 is 0 Å². The second-order valence-corrected chi connectivity index (χ2v) is 7.56. The number of nitrogens with zero attached hydrogens (tertiary/aromatic N) is 2. The van der Waals surface area contributed by atoms with Crippen LogP contribution in [0, 0.1) is 0 Å². The second-order valence-electron chi connectivity index (χ2n) is 7.56. The molecule has 1 aromatic carbocycles. The van der Waals surface area contributed by atoms with Crippen molar-refractivity contribution in [1.82, 2.24) is 4.90 Å². The minimum absolute atomic E-state index is 0.662. The molecule has 4 rings (SSSR count). The Hall–Kier alpha value is -2.00. The van der Waals surface area contributed by atoms with Gasteiger partial charge in [0.1, 0.15) is 0 Å². The molecule has 3 aliphatic rings. The number of hydrogen-bond donors (Lipinski definition) is 1. The lowest BCUT2D eigenvalue weighted by Gasteiger charge is -2.40. The van der Waals surface area contributed by atoms with Crippen molar-refractivity contribution in [3.63, 3.8) is 0 Å². The van der Waals surface area contributed by atoms with Crippen LogP contribution in [0.2, 0.25) is 0 Å². The Kier molecular flexibility index (Phi) is 4.43. The molecule has 0 aromatic heterocycles. The number of nitrogens with one attached hydrogen (secondary N) is 1. The van der Waals surface area contributed by atoms with Crippen LogP contribution in [0.5, 0.6) is 0 Å². The summed E-state index contributed by atoms with van der Waals surface area (Å²) in [6, 6.07) is 7.50. The molecule has 3 nitrogen and oxygen atoms in total. The Balaban J connectivity index is 1.41. The highest BCUT2D eigenvalue weighted by molar-refractivity contribution is 5.80. The van der Waals surface area contributed by atoms with Crippen molar-refractivity contribution in [2.75, 3.05) is 42.9 Å². The minimum atomic E-state index is 0.662. The molecule has 1 saturated heterocycles. The summed E-state index contributed by atoms with van der Waals surface area (Å²) in [6.07, 6.45) is 5.26. The molecule has 1 aromatic rings. The first-order valence-corrected chi connectivity index (χ1v) is 9.54. The summed E-state index contributed by atoms with van der Waals surface area (Å²) in [7, 11) is 0. The lowest BCUT2D eigenvalue weighted by Crippen LogP contribution is -2.48. The molecular weight excluding hydrogens is 306 g/mol. The van der Waals surface area contributed by atoms with Crippen LogP contribution >= 0.6 is 0 Å². The van der Waals surface area contributed by atoms with Gasteiger partial charge in [0.2, 0.25) is 0 Å². The summed E-state index contributed by atoms with van der Waals surface area (Å²) in [5, 5.41) is 3.58. The van der Waals surface area contributed by atoms with E-state index in [0.29, 0.717) is 12.0 Å². The molecule has 2 atom stereocenters. The maximum Gasteiger partial charge on any atom is 0.0642 e. The largest absolute Gasteiger partial charge is 0.382 e. The number of rotatable bonds is 6. The average molecular weight is 335 g/mol. The number of anilines is 2. The fourth-order valence-corrected chi connectivity index (χ4v) is 4.79. The zero-order valence-electron chi connectivity index (χ0n) is 15.1. The molecule has 0 saturated carbocycles. The van der Waals surface area contributed by atoms with Crippen molar-refractivity contribution >= 4 is 11.4 Å². The van der Waals surface area contributed by atoms with Crippen LogP contribution in [-0.4, -0.2) is 43.7 Å². The van der Waals surface area contributed by atoms with E-state index in [9.17, 15) is 0 Å². The first-order chi connectivity index (χ1) is 12.2. The van der Waals surface area contributed by atoms with Crippen molar-refractivity contribution in [3.8, 4) is 0 Å². The number of piperidine rings is 1. The van der Waals surface area contributed by atoms with Gasteiger partial charge in [-0.15, -0.1) is 0 Å². The Bertz CT molecular complexity index is 705. The lowest BCUT2D eigenvalue weighted by atomic mass is 9.89. The van der Waals surface area contributed by atoms with Gasteiger partial charge in [-0.05, 0) is 48.6 Å². The number of benzene rings is 1. The first kappa shape index (κ1) is 16.5. The van der Waals surface area contributed by atoms with Crippen LogP contribution in [0.3, 0.4) is 0 Å². The summed E-state index contributed by atoms with van der Waals surface area (Å²) in [5.74, 6) is 0.662. The van der Waals surface area contributed by atoms with Gasteiger partial charge in [0.05, 0.1) is 11.4 Å². The molecule has 0 radical (unpaired) electrons. The third kappa shape index (κ3) is 2.91. The normalized spacial score (nSPS) is 24.2. The van der Waals surface area contributed by atoms with Crippen LogP contribution in [0.1, 0.15) is 30.7 Å². The summed E-state index contributed by atoms with van der Waals surface area (Å²) >= 11 is 0. The van der Waals surface area contributed by atoms with Crippen LogP contribution < -0.4 is 10.2 Å². The SMILES string of the molecule is C=CC(=C)C(=C)CCCN1CCC2C(C1)c1cccc3c1N2CCN3. The molecule has 0 bridgehead atoms. The molecule has 0 spiro atoms. The fourth-order valence-electron chi connectivity index (χ4n) is 4.79. The van der Waals surface area contributed by atoms with Crippen molar-refractivity contribution < 1.29 is 0 Å². The van der Waals surface area contributed by atoms with Gasteiger partial charge in [-0.1, -0.05) is 37.9 Å². The summed E-state index contributed by atoms with van der Waals surface area (Å²) in [4.78, 5) is 5.33. The van der Waals surface area contributed by atoms with Gasteiger partial charge in [0.15, 0.2) is 0 Å². The van der Waals surface area contributed by atoms with E-state index in [2.05, 4.69) is 53.1 Å². The van der Waals surface area contributed by atoms with Gasteiger partial charge in [0.25, 0.3) is 0 Å². The molecule has 0 amide bonds. The van der Waals surface area contributed by atoms with Gasteiger partial charge in [-0.2, -0.15) is 0 Å². The topological polar surface area (TPSA) is 18.5 Å². The molecule has 132 valence electrons. The first-order valence-electron chi connectivity index (χ1n) is 9.54. The number of fused-ring (bicyclic) bond motifs is 3. The number of hydrogen-bond acceptors (Lipinski definition) is 3. The van der Waals surface area contributed by atoms with Crippen LogP contribution in [-0.2, 0) is 0 Å². The molecule has 2 unspecified atom stereocenters. The number of para-hydroxylation sites is 1. The van der Waals surface area contributed by atoms with Gasteiger partial charge in [0, 0.05) is 38.1 Å². The smallest absolute Gasteiger partial charge is 0.0642 e. The summed E-state index contributed by atoms with van der Waals surface area (Å²) < 4.78 is 0. The highest BCUT2D eigenvalue weighted by atomic mass is 15.3. The van der Waals surface area contributed by atoms with E-state index in [1.807, 2.05) is 6.08 Å². The van der Waals surface area contributed by atoms with Gasteiger partial charge >= 0.3 is 0 Å². The lowest BCUT2D eigenvalue weighted by molar-refractivity contribution is 0.192.